The molecule has 0 fully saturated rings. The number of carbonyl (C=O) groups excluding carboxylic acids is 2. The summed E-state index contributed by atoms with van der Waals surface area (Å²) < 4.78 is 6.32. The topological polar surface area (TPSA) is 114 Å². The highest BCUT2D eigenvalue weighted by Crippen LogP contribution is 2.25. The maximum atomic E-state index is 12.6. The molecule has 1 N–H and O–H groups in total. The van der Waals surface area contributed by atoms with E-state index in [0.717, 1.165) is 10.4 Å². The number of carbonyl (C=O) groups is 2. The fraction of sp³-hybridized carbons (Fsp3) is 0.250. The molecule has 0 aliphatic heterocycles. The summed E-state index contributed by atoms with van der Waals surface area (Å²) >= 11 is 1.43. The van der Waals surface area contributed by atoms with E-state index in [2.05, 4.69) is 10.3 Å². The average molecular weight is 410 g/mol. The van der Waals surface area contributed by atoms with E-state index in [-0.39, 0.29) is 12.1 Å². The van der Waals surface area contributed by atoms with Gasteiger partial charge in [0.15, 0.2) is 6.10 Å². The molecule has 0 spiro atoms. The van der Waals surface area contributed by atoms with Crippen molar-refractivity contribution < 1.29 is 14.3 Å². The van der Waals surface area contributed by atoms with Gasteiger partial charge in [-0.15, -0.1) is 11.3 Å². The third-order valence-electron chi connectivity index (χ3n) is 4.41. The predicted octanol–water partition coefficient (Wildman–Crippen LogP) is 2.52. The van der Waals surface area contributed by atoms with Gasteiger partial charge in [0.05, 0.1) is 23.3 Å². The molecule has 29 heavy (non-hydrogen) atoms. The van der Waals surface area contributed by atoms with Crippen LogP contribution in [0, 0.1) is 25.2 Å². The predicted molar refractivity (Wildman–Crippen MR) is 109 cm³/mol. The van der Waals surface area contributed by atoms with Crippen LogP contribution in [0.4, 0.5) is 5.69 Å². The van der Waals surface area contributed by atoms with Crippen molar-refractivity contribution in [2.45, 2.75) is 33.4 Å². The van der Waals surface area contributed by atoms with Crippen LogP contribution in [0.2, 0.25) is 0 Å². The van der Waals surface area contributed by atoms with Gasteiger partial charge in [-0.3, -0.25) is 19.0 Å². The molecule has 0 saturated carbocycles. The second-order valence-corrected chi connectivity index (χ2v) is 7.65. The zero-order valence-corrected chi connectivity index (χ0v) is 16.9. The molecule has 8 nitrogen and oxygen atoms in total. The molecule has 3 rings (SSSR count). The number of esters is 1. The monoisotopic (exact) mass is 410 g/mol. The summed E-state index contributed by atoms with van der Waals surface area (Å²) in [5, 5.41) is 11.9. The number of aryl methyl sites for hydroxylation is 2. The van der Waals surface area contributed by atoms with Crippen LogP contribution in [-0.4, -0.2) is 27.5 Å². The van der Waals surface area contributed by atoms with Crippen molar-refractivity contribution in [3.8, 4) is 6.07 Å². The van der Waals surface area contributed by atoms with Gasteiger partial charge in [0.1, 0.15) is 11.4 Å². The smallest absolute Gasteiger partial charge is 0.326 e. The van der Waals surface area contributed by atoms with Crippen molar-refractivity contribution in [3.05, 3.63) is 57.0 Å². The van der Waals surface area contributed by atoms with Gasteiger partial charge < -0.3 is 10.1 Å². The van der Waals surface area contributed by atoms with Gasteiger partial charge in [0.25, 0.3) is 11.5 Å². The lowest BCUT2D eigenvalue weighted by Crippen LogP contribution is -2.33. The van der Waals surface area contributed by atoms with Crippen LogP contribution < -0.4 is 10.9 Å². The zero-order chi connectivity index (χ0) is 21.1. The van der Waals surface area contributed by atoms with Crippen molar-refractivity contribution in [3.63, 3.8) is 0 Å². The van der Waals surface area contributed by atoms with E-state index < -0.39 is 18.0 Å². The Labute approximate surface area is 170 Å². The minimum atomic E-state index is -1.06. The molecule has 0 radical (unpaired) electrons. The molecule has 0 bridgehead atoms. The lowest BCUT2D eigenvalue weighted by atomic mass is 10.2. The Balaban J connectivity index is 1.65. The number of anilines is 1. The SMILES string of the molecule is Cc1sc2ncn(CC(=O)O[C@@H](C)C(=O)Nc3ccc(C#N)cc3)c(=O)c2c1C. The van der Waals surface area contributed by atoms with Gasteiger partial charge in [-0.2, -0.15) is 5.26 Å². The maximum Gasteiger partial charge on any atom is 0.326 e. The Morgan fingerprint density at radius 1 is 1.31 bits per heavy atom. The Bertz CT molecular complexity index is 1190. The Morgan fingerprint density at radius 2 is 2.00 bits per heavy atom. The van der Waals surface area contributed by atoms with Gasteiger partial charge >= 0.3 is 5.97 Å². The fourth-order valence-corrected chi connectivity index (χ4v) is 3.67. The third-order valence-corrected chi connectivity index (χ3v) is 5.53. The Morgan fingerprint density at radius 3 is 2.66 bits per heavy atom. The Hall–Kier alpha value is -3.51. The van der Waals surface area contributed by atoms with Crippen LogP contribution in [0.15, 0.2) is 35.4 Å². The maximum absolute atomic E-state index is 12.6. The first-order chi connectivity index (χ1) is 13.8. The van der Waals surface area contributed by atoms with Crippen LogP contribution in [0.5, 0.6) is 0 Å². The molecular weight excluding hydrogens is 392 g/mol. The molecule has 2 aromatic heterocycles. The molecule has 148 valence electrons. The van der Waals surface area contributed by atoms with Gasteiger partial charge in [0.2, 0.25) is 0 Å². The number of fused-ring (bicyclic) bond motifs is 1. The summed E-state index contributed by atoms with van der Waals surface area (Å²) in [6.45, 7) is 4.85. The summed E-state index contributed by atoms with van der Waals surface area (Å²) in [4.78, 5) is 42.9. The first kappa shape index (κ1) is 20.2. The van der Waals surface area contributed by atoms with Crippen molar-refractivity contribution >= 4 is 39.1 Å². The third kappa shape index (κ3) is 4.33. The van der Waals surface area contributed by atoms with E-state index in [0.29, 0.717) is 21.5 Å². The number of nitriles is 1. The van der Waals surface area contributed by atoms with Gasteiger partial charge in [-0.1, -0.05) is 0 Å². The van der Waals surface area contributed by atoms with Crippen molar-refractivity contribution in [2.24, 2.45) is 0 Å². The summed E-state index contributed by atoms with van der Waals surface area (Å²) in [6.07, 6.45) is 0.249. The second kappa shape index (κ2) is 8.24. The minimum Gasteiger partial charge on any atom is -0.451 e. The number of aromatic nitrogens is 2. The van der Waals surface area contributed by atoms with E-state index in [1.54, 1.807) is 24.3 Å². The standard InChI is InChI=1S/C20H18N4O4S/c1-11-13(3)29-19-17(11)20(27)24(10-22-19)9-16(25)28-12(2)18(26)23-15-6-4-14(8-21)5-7-15/h4-7,10,12H,9H2,1-3H3,(H,23,26)/t12-/m0/s1. The number of hydrogen-bond donors (Lipinski definition) is 1. The molecule has 0 aliphatic carbocycles. The molecule has 0 unspecified atom stereocenters. The van der Waals surface area contributed by atoms with E-state index in [1.807, 2.05) is 19.9 Å². The highest BCUT2D eigenvalue weighted by atomic mass is 32.1. The number of rotatable bonds is 5. The summed E-state index contributed by atoms with van der Waals surface area (Å²) in [6, 6.07) is 8.28. The largest absolute Gasteiger partial charge is 0.451 e. The number of nitrogens with one attached hydrogen (secondary N) is 1. The van der Waals surface area contributed by atoms with Gasteiger partial charge in [-0.25, -0.2) is 4.98 Å². The van der Waals surface area contributed by atoms with Crippen LogP contribution in [-0.2, 0) is 20.9 Å². The van der Waals surface area contributed by atoms with E-state index in [9.17, 15) is 14.4 Å². The summed E-state index contributed by atoms with van der Waals surface area (Å²) in [7, 11) is 0. The van der Waals surface area contributed by atoms with E-state index in [1.165, 1.54) is 29.2 Å². The van der Waals surface area contributed by atoms with Crippen LogP contribution in [0.3, 0.4) is 0 Å². The molecule has 0 saturated heterocycles. The fourth-order valence-electron chi connectivity index (χ4n) is 2.68. The van der Waals surface area contributed by atoms with Crippen LogP contribution in [0.1, 0.15) is 22.9 Å². The lowest BCUT2D eigenvalue weighted by Gasteiger charge is -2.14. The number of ether oxygens (including phenoxy) is 1. The van der Waals surface area contributed by atoms with E-state index >= 15 is 0 Å². The van der Waals surface area contributed by atoms with Gasteiger partial charge in [0, 0.05) is 10.6 Å². The summed E-state index contributed by atoms with van der Waals surface area (Å²) in [5.41, 5.74) is 1.48. The molecule has 2 heterocycles. The lowest BCUT2D eigenvalue weighted by molar-refractivity contribution is -0.153. The number of hydrogen-bond acceptors (Lipinski definition) is 7. The highest BCUT2D eigenvalue weighted by Gasteiger charge is 2.20. The molecule has 9 heteroatoms. The van der Waals surface area contributed by atoms with Gasteiger partial charge in [-0.05, 0) is 50.6 Å². The minimum absolute atomic E-state index is 0.316. The number of nitrogens with zero attached hydrogens (tertiary/aromatic N) is 3. The molecule has 1 atom stereocenters. The number of amides is 1. The second-order valence-electron chi connectivity index (χ2n) is 6.45. The van der Waals surface area contributed by atoms with E-state index in [4.69, 9.17) is 10.00 Å². The van der Waals surface area contributed by atoms with Crippen molar-refractivity contribution in [2.75, 3.05) is 5.32 Å². The Kier molecular flexibility index (Phi) is 5.75. The first-order valence-electron chi connectivity index (χ1n) is 8.75. The molecule has 3 aromatic rings. The average Bonchev–Trinajstić information content (AvgIpc) is 2.99. The summed E-state index contributed by atoms with van der Waals surface area (Å²) in [5.74, 6) is -1.24. The number of benzene rings is 1. The molecular formula is C20H18N4O4S. The van der Waals surface area contributed by atoms with Crippen LogP contribution >= 0.6 is 11.3 Å². The number of thiophene rings is 1. The van der Waals surface area contributed by atoms with Crippen molar-refractivity contribution in [1.82, 2.24) is 9.55 Å². The van der Waals surface area contributed by atoms with Crippen LogP contribution in [0.25, 0.3) is 10.2 Å². The zero-order valence-electron chi connectivity index (χ0n) is 16.1. The first-order valence-corrected chi connectivity index (χ1v) is 9.57. The molecule has 1 amide bonds. The van der Waals surface area contributed by atoms with Crippen molar-refractivity contribution in [1.29, 1.82) is 5.26 Å². The molecule has 1 aromatic carbocycles. The molecule has 0 aliphatic rings. The quantitative estimate of drug-likeness (QED) is 0.647. The highest BCUT2D eigenvalue weighted by molar-refractivity contribution is 7.18. The normalized spacial score (nSPS) is 11.7.